The molecule has 0 aliphatic heterocycles. The number of nitrogens with zero attached hydrogens (tertiary/aromatic N) is 1. The van der Waals surface area contributed by atoms with Gasteiger partial charge in [0.25, 0.3) is 5.56 Å². The second kappa shape index (κ2) is 4.99. The fraction of sp³-hybridized carbons (Fsp3) is 0.545. The molecule has 17 heavy (non-hydrogen) atoms. The van der Waals surface area contributed by atoms with E-state index in [-0.39, 0.29) is 23.4 Å². The van der Waals surface area contributed by atoms with Crippen LogP contribution in [0, 0.1) is 5.92 Å². The second-order valence-electron chi connectivity index (χ2n) is 4.36. The fourth-order valence-corrected chi connectivity index (χ4v) is 2.17. The van der Waals surface area contributed by atoms with Gasteiger partial charge in [-0.05, 0) is 25.7 Å². The Kier molecular flexibility index (Phi) is 3.41. The number of rotatable bonds is 3. The number of amides is 1. The number of hydrogen-bond acceptors (Lipinski definition) is 4. The number of nitrogens with two attached hydrogens (primary N) is 1. The molecule has 1 fully saturated rings. The molecule has 0 atom stereocenters. The lowest BCUT2D eigenvalue weighted by Gasteiger charge is -2.27. The molecule has 1 heterocycles. The van der Waals surface area contributed by atoms with Crippen LogP contribution in [0.3, 0.4) is 0 Å². The Balaban J connectivity index is 1.93. The van der Waals surface area contributed by atoms with Gasteiger partial charge in [-0.25, -0.2) is 4.98 Å². The minimum atomic E-state index is -0.223. The van der Waals surface area contributed by atoms with Crippen molar-refractivity contribution in [3.8, 4) is 0 Å². The fourth-order valence-electron chi connectivity index (χ4n) is 2.17. The summed E-state index contributed by atoms with van der Waals surface area (Å²) in [6.07, 6.45) is 6.26. The predicted octanol–water partition coefficient (Wildman–Crippen LogP) is 0.226. The summed E-state index contributed by atoms with van der Waals surface area (Å²) in [5, 5.41) is 3.10. The van der Waals surface area contributed by atoms with Crippen molar-refractivity contribution < 1.29 is 4.79 Å². The summed E-state index contributed by atoms with van der Waals surface area (Å²) in [6, 6.07) is 0.196. The summed E-state index contributed by atoms with van der Waals surface area (Å²) < 4.78 is 0. The van der Waals surface area contributed by atoms with Gasteiger partial charge in [0.2, 0.25) is 5.91 Å². The molecular formula is C11H16N4O2. The molecule has 0 saturated heterocycles. The Morgan fingerprint density at radius 3 is 2.71 bits per heavy atom. The lowest BCUT2D eigenvalue weighted by molar-refractivity contribution is -0.122. The monoisotopic (exact) mass is 236 g/mol. The van der Waals surface area contributed by atoms with Crippen molar-refractivity contribution in [2.45, 2.75) is 31.7 Å². The number of carbonyl (C=O) groups excluding carboxylic acids is 1. The van der Waals surface area contributed by atoms with Crippen molar-refractivity contribution in [1.29, 1.82) is 0 Å². The van der Waals surface area contributed by atoms with Crippen molar-refractivity contribution in [3.63, 3.8) is 0 Å². The number of nitrogens with one attached hydrogen (secondary N) is 2. The smallest absolute Gasteiger partial charge is 0.290 e. The highest BCUT2D eigenvalue weighted by Crippen LogP contribution is 2.25. The van der Waals surface area contributed by atoms with Crippen LogP contribution in [0.15, 0.2) is 17.2 Å². The van der Waals surface area contributed by atoms with E-state index < -0.39 is 0 Å². The Labute approximate surface area is 98.6 Å². The lowest BCUT2D eigenvalue weighted by Crippen LogP contribution is -2.34. The average Bonchev–Trinajstić information content (AvgIpc) is 2.33. The number of carbonyl (C=O) groups is 1. The standard InChI is InChI=1S/C11H16N4O2/c12-9(16)7-1-3-8(4-2-7)15-10-11(17)14-6-5-13-10/h5-8H,1-4H2,(H2,12,16)(H,13,15)(H,14,17). The minimum Gasteiger partial charge on any atom is -0.369 e. The topological polar surface area (TPSA) is 101 Å². The maximum Gasteiger partial charge on any atom is 0.290 e. The molecule has 1 saturated carbocycles. The third kappa shape index (κ3) is 2.83. The Bertz CT molecular complexity index is 449. The van der Waals surface area contributed by atoms with Crippen LogP contribution in [0.2, 0.25) is 0 Å². The van der Waals surface area contributed by atoms with Crippen molar-refractivity contribution in [2.75, 3.05) is 5.32 Å². The number of primary amides is 1. The normalized spacial score (nSPS) is 24.2. The molecule has 0 aromatic carbocycles. The predicted molar refractivity (Wildman–Crippen MR) is 63.4 cm³/mol. The van der Waals surface area contributed by atoms with Crippen LogP contribution < -0.4 is 16.6 Å². The van der Waals surface area contributed by atoms with Crippen LogP contribution in [0.4, 0.5) is 5.82 Å². The number of aromatic nitrogens is 2. The van der Waals surface area contributed by atoms with E-state index in [9.17, 15) is 9.59 Å². The number of aromatic amines is 1. The van der Waals surface area contributed by atoms with E-state index in [1.165, 1.54) is 6.20 Å². The van der Waals surface area contributed by atoms with E-state index in [2.05, 4.69) is 15.3 Å². The molecule has 1 aliphatic carbocycles. The molecule has 6 heteroatoms. The molecule has 1 aromatic rings. The molecule has 1 amide bonds. The summed E-state index contributed by atoms with van der Waals surface area (Å²) in [7, 11) is 0. The molecule has 0 bridgehead atoms. The zero-order valence-electron chi connectivity index (χ0n) is 9.48. The molecule has 0 unspecified atom stereocenters. The molecule has 0 radical (unpaired) electrons. The Morgan fingerprint density at radius 1 is 1.41 bits per heavy atom. The van der Waals surface area contributed by atoms with E-state index in [1.807, 2.05) is 0 Å². The maximum atomic E-state index is 11.4. The van der Waals surface area contributed by atoms with Gasteiger partial charge in [-0.15, -0.1) is 0 Å². The van der Waals surface area contributed by atoms with Gasteiger partial charge in [-0.3, -0.25) is 9.59 Å². The van der Waals surface area contributed by atoms with Crippen LogP contribution in [-0.2, 0) is 4.79 Å². The van der Waals surface area contributed by atoms with E-state index in [0.717, 1.165) is 25.7 Å². The highest BCUT2D eigenvalue weighted by Gasteiger charge is 2.24. The van der Waals surface area contributed by atoms with Crippen LogP contribution in [0.1, 0.15) is 25.7 Å². The zero-order chi connectivity index (χ0) is 12.3. The zero-order valence-corrected chi connectivity index (χ0v) is 9.48. The largest absolute Gasteiger partial charge is 0.369 e. The molecule has 92 valence electrons. The maximum absolute atomic E-state index is 11.4. The highest BCUT2D eigenvalue weighted by molar-refractivity contribution is 5.76. The van der Waals surface area contributed by atoms with Crippen molar-refractivity contribution in [3.05, 3.63) is 22.7 Å². The molecule has 4 N–H and O–H groups in total. The van der Waals surface area contributed by atoms with Crippen molar-refractivity contribution in [2.24, 2.45) is 11.7 Å². The van der Waals surface area contributed by atoms with Crippen molar-refractivity contribution >= 4 is 11.7 Å². The van der Waals surface area contributed by atoms with E-state index in [1.54, 1.807) is 6.20 Å². The number of hydrogen-bond donors (Lipinski definition) is 3. The van der Waals surface area contributed by atoms with Crippen LogP contribution in [-0.4, -0.2) is 21.9 Å². The molecule has 0 spiro atoms. The van der Waals surface area contributed by atoms with Gasteiger partial charge in [0.1, 0.15) is 0 Å². The first-order chi connectivity index (χ1) is 8.16. The average molecular weight is 236 g/mol. The summed E-state index contributed by atoms with van der Waals surface area (Å²) in [4.78, 5) is 29.0. The van der Waals surface area contributed by atoms with Gasteiger partial charge >= 0.3 is 0 Å². The summed E-state index contributed by atoms with van der Waals surface area (Å²) in [5.74, 6) is 0.101. The Morgan fingerprint density at radius 2 is 2.12 bits per heavy atom. The van der Waals surface area contributed by atoms with E-state index in [0.29, 0.717) is 5.82 Å². The SMILES string of the molecule is NC(=O)C1CCC(Nc2ncc[nH]c2=O)CC1. The van der Waals surface area contributed by atoms with Crippen LogP contribution in [0.5, 0.6) is 0 Å². The van der Waals surface area contributed by atoms with Gasteiger partial charge in [-0.2, -0.15) is 0 Å². The van der Waals surface area contributed by atoms with Gasteiger partial charge in [0.05, 0.1) is 0 Å². The highest BCUT2D eigenvalue weighted by atomic mass is 16.1. The van der Waals surface area contributed by atoms with Gasteiger partial charge in [0.15, 0.2) is 5.82 Å². The quantitative estimate of drug-likeness (QED) is 0.699. The van der Waals surface area contributed by atoms with Crippen LogP contribution in [0.25, 0.3) is 0 Å². The molecule has 6 nitrogen and oxygen atoms in total. The second-order valence-corrected chi connectivity index (χ2v) is 4.36. The number of H-pyrrole nitrogens is 1. The third-order valence-electron chi connectivity index (χ3n) is 3.18. The number of anilines is 1. The first kappa shape index (κ1) is 11.6. The van der Waals surface area contributed by atoms with E-state index >= 15 is 0 Å². The summed E-state index contributed by atoms with van der Waals surface area (Å²) in [6.45, 7) is 0. The lowest BCUT2D eigenvalue weighted by atomic mass is 9.85. The van der Waals surface area contributed by atoms with E-state index in [4.69, 9.17) is 5.73 Å². The third-order valence-corrected chi connectivity index (χ3v) is 3.18. The Hall–Kier alpha value is -1.85. The molecule has 1 aromatic heterocycles. The van der Waals surface area contributed by atoms with Gasteiger partial charge in [-0.1, -0.05) is 0 Å². The van der Waals surface area contributed by atoms with Crippen LogP contribution >= 0.6 is 0 Å². The molecular weight excluding hydrogens is 220 g/mol. The first-order valence-corrected chi connectivity index (χ1v) is 5.76. The summed E-state index contributed by atoms with van der Waals surface area (Å²) >= 11 is 0. The molecule has 2 rings (SSSR count). The minimum absolute atomic E-state index is 0.0185. The van der Waals surface area contributed by atoms with Gasteiger partial charge in [0, 0.05) is 24.4 Å². The molecule has 1 aliphatic rings. The van der Waals surface area contributed by atoms with Gasteiger partial charge < -0.3 is 16.0 Å². The first-order valence-electron chi connectivity index (χ1n) is 5.76. The summed E-state index contributed by atoms with van der Waals surface area (Å²) in [5.41, 5.74) is 5.04. The van der Waals surface area contributed by atoms with Crippen molar-refractivity contribution in [1.82, 2.24) is 9.97 Å².